The lowest BCUT2D eigenvalue weighted by atomic mass is 10.1. The Kier molecular flexibility index (Phi) is 4.25. The van der Waals surface area contributed by atoms with Gasteiger partial charge in [-0.05, 0) is 71.6 Å². The van der Waals surface area contributed by atoms with Crippen molar-refractivity contribution in [3.8, 4) is 0 Å². The number of hydrogen-bond acceptors (Lipinski definition) is 4. The lowest BCUT2D eigenvalue weighted by Gasteiger charge is -2.14. The quantitative estimate of drug-likeness (QED) is 0.813. The van der Waals surface area contributed by atoms with Gasteiger partial charge >= 0.3 is 0 Å². The van der Waals surface area contributed by atoms with Crippen LogP contribution < -0.4 is 10.5 Å². The predicted molar refractivity (Wildman–Crippen MR) is 87.8 cm³/mol. The molecule has 1 aromatic heterocycles. The molecule has 0 saturated heterocycles. The van der Waals surface area contributed by atoms with Gasteiger partial charge in [0.25, 0.3) is 10.0 Å². The Hall–Kier alpha value is -1.60. The van der Waals surface area contributed by atoms with Gasteiger partial charge in [0.1, 0.15) is 5.82 Å². The van der Waals surface area contributed by atoms with E-state index in [-0.39, 0.29) is 4.90 Å². The molecule has 0 fully saturated rings. The third-order valence-electron chi connectivity index (χ3n) is 3.03. The lowest BCUT2D eigenvalue weighted by molar-refractivity contribution is 0.600. The first-order valence-corrected chi connectivity index (χ1v) is 8.50. The second kappa shape index (κ2) is 5.65. The summed E-state index contributed by atoms with van der Waals surface area (Å²) < 4.78 is 28.5. The summed E-state index contributed by atoms with van der Waals surface area (Å²) in [5.41, 5.74) is 8.22. The van der Waals surface area contributed by atoms with Crippen molar-refractivity contribution in [2.24, 2.45) is 0 Å². The van der Waals surface area contributed by atoms with Crippen molar-refractivity contribution >= 4 is 37.5 Å². The van der Waals surface area contributed by atoms with Gasteiger partial charge in [-0.2, -0.15) is 0 Å². The Morgan fingerprint density at radius 2 is 1.67 bits per heavy atom. The van der Waals surface area contributed by atoms with Crippen LogP contribution in [0.1, 0.15) is 16.7 Å². The zero-order chi connectivity index (χ0) is 15.8. The van der Waals surface area contributed by atoms with E-state index < -0.39 is 10.0 Å². The van der Waals surface area contributed by atoms with Crippen LogP contribution in [0, 0.1) is 20.8 Å². The molecule has 3 N–H and O–H groups in total. The summed E-state index contributed by atoms with van der Waals surface area (Å²) >= 11 is 3.30. The Labute approximate surface area is 132 Å². The van der Waals surface area contributed by atoms with E-state index in [2.05, 4.69) is 25.6 Å². The molecule has 0 unspecified atom stereocenters. The maximum Gasteiger partial charge on any atom is 0.263 e. The first kappa shape index (κ1) is 15.8. The first-order chi connectivity index (χ1) is 9.70. The van der Waals surface area contributed by atoms with Gasteiger partial charge in [0.2, 0.25) is 0 Å². The third kappa shape index (κ3) is 3.36. The molecule has 112 valence electrons. The summed E-state index contributed by atoms with van der Waals surface area (Å²) in [5.74, 6) is 0.314. The fourth-order valence-electron chi connectivity index (χ4n) is 2.23. The number of sulfonamides is 1. The average Bonchev–Trinajstić information content (AvgIpc) is 2.30. The highest BCUT2D eigenvalue weighted by atomic mass is 79.9. The van der Waals surface area contributed by atoms with Crippen molar-refractivity contribution in [2.75, 3.05) is 10.5 Å². The molecule has 2 rings (SSSR count). The monoisotopic (exact) mass is 369 g/mol. The van der Waals surface area contributed by atoms with Gasteiger partial charge in [0.05, 0.1) is 4.90 Å². The van der Waals surface area contributed by atoms with E-state index in [4.69, 9.17) is 5.73 Å². The Balaban J connectivity index is 2.48. The smallest absolute Gasteiger partial charge is 0.263 e. The van der Waals surface area contributed by atoms with E-state index in [1.807, 2.05) is 0 Å². The summed E-state index contributed by atoms with van der Waals surface area (Å²) in [4.78, 5) is 4.34. The minimum Gasteiger partial charge on any atom is -0.399 e. The molecule has 21 heavy (non-hydrogen) atoms. The molecule has 0 radical (unpaired) electrons. The fourth-order valence-corrected chi connectivity index (χ4v) is 4.21. The number of anilines is 2. The molecule has 0 aliphatic rings. The van der Waals surface area contributed by atoms with Gasteiger partial charge in [0, 0.05) is 16.4 Å². The van der Waals surface area contributed by atoms with Crippen LogP contribution in [0.15, 0.2) is 33.8 Å². The Morgan fingerprint density at radius 1 is 1.10 bits per heavy atom. The number of hydrogen-bond donors (Lipinski definition) is 2. The van der Waals surface area contributed by atoms with Crippen molar-refractivity contribution in [1.82, 2.24) is 4.98 Å². The summed E-state index contributed by atoms with van der Waals surface area (Å²) in [5, 5.41) is 0. The van der Waals surface area contributed by atoms with Crippen LogP contribution in [0.2, 0.25) is 0 Å². The van der Waals surface area contributed by atoms with Gasteiger partial charge in [0.15, 0.2) is 0 Å². The molecule has 0 saturated carbocycles. The molecule has 2 aromatic rings. The first-order valence-electron chi connectivity index (χ1n) is 6.22. The van der Waals surface area contributed by atoms with Crippen molar-refractivity contribution in [1.29, 1.82) is 0 Å². The molecule has 1 aromatic carbocycles. The fraction of sp³-hybridized carbons (Fsp3) is 0.214. The highest BCUT2D eigenvalue weighted by Gasteiger charge is 2.21. The molecule has 0 aliphatic heterocycles. The topological polar surface area (TPSA) is 85.1 Å². The van der Waals surface area contributed by atoms with E-state index in [0.717, 1.165) is 10.0 Å². The number of nitrogens with two attached hydrogens (primary N) is 1. The number of pyridine rings is 1. The molecular formula is C14H16BrN3O2S. The molecule has 0 amide bonds. The van der Waals surface area contributed by atoms with Gasteiger partial charge in [-0.3, -0.25) is 4.72 Å². The Bertz CT molecular complexity index is 781. The van der Waals surface area contributed by atoms with E-state index >= 15 is 0 Å². The molecule has 0 spiro atoms. The van der Waals surface area contributed by atoms with Crippen molar-refractivity contribution < 1.29 is 8.42 Å². The highest BCUT2D eigenvalue weighted by molar-refractivity contribution is 9.10. The number of aromatic nitrogens is 1. The van der Waals surface area contributed by atoms with Gasteiger partial charge in [-0.25, -0.2) is 13.4 Å². The number of aryl methyl sites for hydroxylation is 3. The molecule has 0 bridgehead atoms. The second-order valence-corrected chi connectivity index (χ2v) is 7.44. The normalized spacial score (nSPS) is 11.4. The van der Waals surface area contributed by atoms with Crippen LogP contribution in [-0.4, -0.2) is 13.4 Å². The molecule has 1 heterocycles. The molecule has 5 nitrogen and oxygen atoms in total. The molecule has 0 aliphatic carbocycles. The molecule has 7 heteroatoms. The van der Waals surface area contributed by atoms with Crippen LogP contribution >= 0.6 is 15.9 Å². The van der Waals surface area contributed by atoms with E-state index in [1.165, 1.54) is 0 Å². The maximum absolute atomic E-state index is 12.6. The number of benzene rings is 1. The summed E-state index contributed by atoms with van der Waals surface area (Å²) in [7, 11) is -3.71. The van der Waals surface area contributed by atoms with E-state index in [9.17, 15) is 8.42 Å². The SMILES string of the molecule is Cc1cc(Br)cnc1NS(=O)(=O)c1c(C)cc(N)cc1C. The number of nitrogens with one attached hydrogen (secondary N) is 1. The summed E-state index contributed by atoms with van der Waals surface area (Å²) in [6.45, 7) is 5.23. The van der Waals surface area contributed by atoms with Gasteiger partial charge < -0.3 is 5.73 Å². The minimum absolute atomic E-state index is 0.237. The van der Waals surface area contributed by atoms with Crippen LogP contribution in [0.3, 0.4) is 0 Å². The standard InChI is InChI=1S/C14H16BrN3O2S/c1-8-5-12(16)6-9(2)13(8)21(19,20)18-14-10(3)4-11(15)7-17-14/h4-7H,16H2,1-3H3,(H,17,18). The zero-order valence-electron chi connectivity index (χ0n) is 11.9. The third-order valence-corrected chi connectivity index (χ3v) is 5.10. The zero-order valence-corrected chi connectivity index (χ0v) is 14.3. The van der Waals surface area contributed by atoms with E-state index in [1.54, 1.807) is 45.2 Å². The highest BCUT2D eigenvalue weighted by Crippen LogP contribution is 2.26. The van der Waals surface area contributed by atoms with Crippen LogP contribution in [0.5, 0.6) is 0 Å². The lowest BCUT2D eigenvalue weighted by Crippen LogP contribution is -2.17. The van der Waals surface area contributed by atoms with Gasteiger partial charge in [-0.15, -0.1) is 0 Å². The molecular weight excluding hydrogens is 354 g/mol. The largest absolute Gasteiger partial charge is 0.399 e. The van der Waals surface area contributed by atoms with Crippen LogP contribution in [0.4, 0.5) is 11.5 Å². The van der Waals surface area contributed by atoms with Gasteiger partial charge in [-0.1, -0.05) is 0 Å². The average molecular weight is 370 g/mol. The maximum atomic E-state index is 12.6. The molecule has 0 atom stereocenters. The van der Waals surface area contributed by atoms with Crippen molar-refractivity contribution in [3.63, 3.8) is 0 Å². The summed E-state index contributed by atoms with van der Waals surface area (Å²) in [6.07, 6.45) is 1.55. The van der Waals surface area contributed by atoms with Crippen molar-refractivity contribution in [2.45, 2.75) is 25.7 Å². The number of nitrogens with zero attached hydrogens (tertiary/aromatic N) is 1. The number of rotatable bonds is 3. The number of nitrogen functional groups attached to an aromatic ring is 1. The van der Waals surface area contributed by atoms with E-state index in [0.29, 0.717) is 22.6 Å². The van der Waals surface area contributed by atoms with Crippen LogP contribution in [-0.2, 0) is 10.0 Å². The van der Waals surface area contributed by atoms with Crippen LogP contribution in [0.25, 0.3) is 0 Å². The Morgan fingerprint density at radius 3 is 2.19 bits per heavy atom. The minimum atomic E-state index is -3.71. The summed E-state index contributed by atoms with van der Waals surface area (Å²) in [6, 6.07) is 5.08. The second-order valence-electron chi connectivity index (χ2n) is 4.91. The predicted octanol–water partition coefficient (Wildman–Crippen LogP) is 3.15. The van der Waals surface area contributed by atoms with Crippen molar-refractivity contribution in [3.05, 3.63) is 45.6 Å². The number of halogens is 1.